The number of hydrogen-bond donors (Lipinski definition) is 10. The maximum absolute atomic E-state index is 8.43. The summed E-state index contributed by atoms with van der Waals surface area (Å²) in [6, 6.07) is 0. The molecule has 0 aliphatic heterocycles. The van der Waals surface area contributed by atoms with E-state index in [0.717, 1.165) is 57.8 Å². The fourth-order valence-electron chi connectivity index (χ4n) is 1.32. The molecule has 10 N–H and O–H groups in total. The summed E-state index contributed by atoms with van der Waals surface area (Å²) in [6.45, 7) is 5.33. The minimum Gasteiger partial charge on any atom is -0.396 e. The van der Waals surface area contributed by atoms with Gasteiger partial charge in [0.2, 0.25) is 0 Å². The molecule has 10 heteroatoms. The van der Waals surface area contributed by atoms with E-state index in [2.05, 4.69) is 0 Å². The molecule has 33 heavy (non-hydrogen) atoms. The summed E-state index contributed by atoms with van der Waals surface area (Å²) in [7, 11) is 0. The highest BCUT2D eigenvalue weighted by atomic mass is 16.3. The number of unbranched alkanes of at least 4 members (excludes halogenated alkanes) is 6. The van der Waals surface area contributed by atoms with Crippen molar-refractivity contribution in [3.63, 3.8) is 0 Å². The highest BCUT2D eigenvalue weighted by Crippen LogP contribution is 2.10. The predicted octanol–water partition coefficient (Wildman–Crippen LogP) is -0.218. The van der Waals surface area contributed by atoms with Gasteiger partial charge < -0.3 is 51.1 Å². The van der Waals surface area contributed by atoms with Gasteiger partial charge in [0.15, 0.2) is 0 Å². The van der Waals surface area contributed by atoms with Gasteiger partial charge in [-0.05, 0) is 51.4 Å². The molecule has 0 unspecified atom stereocenters. The molecule has 0 atom stereocenters. The first-order valence-corrected chi connectivity index (χ1v) is 11.9. The predicted molar refractivity (Wildman–Crippen MR) is 131 cm³/mol. The van der Waals surface area contributed by atoms with E-state index in [1.807, 2.05) is 0 Å². The Morgan fingerprint density at radius 2 is 0.485 bits per heavy atom. The highest BCUT2D eigenvalue weighted by Gasteiger charge is 2.13. The molecule has 0 saturated carbocycles. The summed E-state index contributed by atoms with van der Waals surface area (Å²) < 4.78 is 0. The van der Waals surface area contributed by atoms with Crippen molar-refractivity contribution in [2.24, 2.45) is 5.41 Å². The van der Waals surface area contributed by atoms with Gasteiger partial charge in [-0.15, -0.1) is 0 Å². The summed E-state index contributed by atoms with van der Waals surface area (Å²) in [4.78, 5) is 0. The fraction of sp³-hybridized carbons (Fsp3) is 1.00. The van der Waals surface area contributed by atoms with E-state index >= 15 is 0 Å². The number of rotatable bonds is 16. The SMILES string of the molecule is CC(C)(CO)CO.OCCCCCCO.OCCCCCO.OCCCCO.OCCCO. The summed E-state index contributed by atoms with van der Waals surface area (Å²) in [6.07, 6.45) is 8.34. The Balaban J connectivity index is -0.0000000998. The normalized spacial score (nSPS) is 9.82. The van der Waals surface area contributed by atoms with Crippen molar-refractivity contribution in [3.05, 3.63) is 0 Å². The summed E-state index contributed by atoms with van der Waals surface area (Å²) in [5, 5.41) is 81.9. The quantitative estimate of drug-likeness (QED) is 0.128. The zero-order chi connectivity index (χ0) is 26.6. The van der Waals surface area contributed by atoms with Crippen molar-refractivity contribution in [3.8, 4) is 0 Å². The Labute approximate surface area is 201 Å². The van der Waals surface area contributed by atoms with Crippen LogP contribution in [-0.2, 0) is 0 Å². The van der Waals surface area contributed by atoms with E-state index in [4.69, 9.17) is 51.1 Å². The van der Waals surface area contributed by atoms with Gasteiger partial charge in [0.25, 0.3) is 0 Å². The Kier molecular flexibility index (Phi) is 58.5. The third-order valence-electron chi connectivity index (χ3n) is 3.62. The van der Waals surface area contributed by atoms with Gasteiger partial charge in [0.1, 0.15) is 0 Å². The van der Waals surface area contributed by atoms with Crippen LogP contribution in [0.15, 0.2) is 0 Å². The molecule has 10 nitrogen and oxygen atoms in total. The molecule has 0 rings (SSSR count). The zero-order valence-corrected chi connectivity index (χ0v) is 21.1. The summed E-state index contributed by atoms with van der Waals surface area (Å²) in [5.41, 5.74) is -0.306. The third kappa shape index (κ3) is 72.1. The van der Waals surface area contributed by atoms with Crippen molar-refractivity contribution >= 4 is 0 Å². The molecular formula is C23H56O10. The fourth-order valence-corrected chi connectivity index (χ4v) is 1.32. The topological polar surface area (TPSA) is 202 Å². The molecule has 0 aliphatic carbocycles. The maximum Gasteiger partial charge on any atom is 0.0504 e. The molecule has 0 heterocycles. The number of hydrogen-bond acceptors (Lipinski definition) is 10. The van der Waals surface area contributed by atoms with Crippen LogP contribution in [0.25, 0.3) is 0 Å². The van der Waals surface area contributed by atoms with Crippen molar-refractivity contribution in [1.29, 1.82) is 0 Å². The molecule has 0 saturated heterocycles. The van der Waals surface area contributed by atoms with Crippen LogP contribution in [0.2, 0.25) is 0 Å². The van der Waals surface area contributed by atoms with E-state index in [1.54, 1.807) is 13.8 Å². The first kappa shape index (κ1) is 42.7. The van der Waals surface area contributed by atoms with Crippen molar-refractivity contribution in [1.82, 2.24) is 0 Å². The van der Waals surface area contributed by atoms with Gasteiger partial charge in [-0.1, -0.05) is 26.7 Å². The third-order valence-corrected chi connectivity index (χ3v) is 3.62. The molecule has 0 aromatic carbocycles. The van der Waals surface area contributed by atoms with Crippen molar-refractivity contribution in [2.75, 3.05) is 66.1 Å². The van der Waals surface area contributed by atoms with Crippen molar-refractivity contribution < 1.29 is 51.1 Å². The van der Waals surface area contributed by atoms with E-state index < -0.39 is 0 Å². The molecule has 0 aliphatic rings. The summed E-state index contributed by atoms with van der Waals surface area (Å²) in [5.74, 6) is 0. The van der Waals surface area contributed by atoms with E-state index in [9.17, 15) is 0 Å². The Morgan fingerprint density at radius 1 is 0.303 bits per heavy atom. The summed E-state index contributed by atoms with van der Waals surface area (Å²) >= 11 is 0. The van der Waals surface area contributed by atoms with Gasteiger partial charge >= 0.3 is 0 Å². The minimum absolute atomic E-state index is 0.0451. The highest BCUT2D eigenvalue weighted by molar-refractivity contribution is 4.62. The maximum atomic E-state index is 8.43. The second kappa shape index (κ2) is 45.1. The van der Waals surface area contributed by atoms with Crippen LogP contribution in [0.4, 0.5) is 0 Å². The lowest BCUT2D eigenvalue weighted by molar-refractivity contribution is 0.0857. The van der Waals surface area contributed by atoms with Gasteiger partial charge in [0.05, 0.1) is 13.2 Å². The van der Waals surface area contributed by atoms with Crippen LogP contribution in [0.3, 0.4) is 0 Å². The van der Waals surface area contributed by atoms with Crippen molar-refractivity contribution in [2.45, 2.75) is 78.1 Å². The second-order valence-corrected chi connectivity index (χ2v) is 7.80. The molecule has 0 aromatic heterocycles. The Bertz CT molecular complexity index is 248. The van der Waals surface area contributed by atoms with E-state index in [0.29, 0.717) is 6.42 Å². The lowest BCUT2D eigenvalue weighted by atomic mass is 9.97. The molecule has 0 spiro atoms. The van der Waals surface area contributed by atoms with Crippen LogP contribution in [0.1, 0.15) is 78.1 Å². The molecule has 0 amide bonds. The van der Waals surface area contributed by atoms with Crippen LogP contribution in [0.5, 0.6) is 0 Å². The molecule has 0 radical (unpaired) electrons. The minimum atomic E-state index is -0.306. The first-order valence-electron chi connectivity index (χ1n) is 11.9. The van der Waals surface area contributed by atoms with Gasteiger partial charge in [-0.3, -0.25) is 0 Å². The average Bonchev–Trinajstić information content (AvgIpc) is 2.83. The Morgan fingerprint density at radius 3 is 0.606 bits per heavy atom. The van der Waals surface area contributed by atoms with Crippen LogP contribution in [-0.4, -0.2) is 117 Å². The average molecular weight is 493 g/mol. The number of aliphatic hydroxyl groups excluding tert-OH is 10. The largest absolute Gasteiger partial charge is 0.396 e. The van der Waals surface area contributed by atoms with E-state index in [1.165, 1.54) is 0 Å². The smallest absolute Gasteiger partial charge is 0.0504 e. The van der Waals surface area contributed by atoms with Gasteiger partial charge in [-0.2, -0.15) is 0 Å². The molecule has 0 bridgehead atoms. The molecular weight excluding hydrogens is 436 g/mol. The zero-order valence-electron chi connectivity index (χ0n) is 21.1. The van der Waals surface area contributed by atoms with Crippen LogP contribution < -0.4 is 0 Å². The van der Waals surface area contributed by atoms with Gasteiger partial charge in [0, 0.05) is 58.3 Å². The first-order chi connectivity index (χ1) is 15.8. The lowest BCUT2D eigenvalue weighted by Gasteiger charge is -2.16. The monoisotopic (exact) mass is 492 g/mol. The lowest BCUT2D eigenvalue weighted by Crippen LogP contribution is -2.20. The van der Waals surface area contributed by atoms with E-state index in [-0.39, 0.29) is 71.5 Å². The van der Waals surface area contributed by atoms with Crippen LogP contribution in [0, 0.1) is 5.41 Å². The molecule has 0 fully saturated rings. The second-order valence-electron chi connectivity index (χ2n) is 7.80. The Hall–Kier alpha value is -0.400. The van der Waals surface area contributed by atoms with Crippen LogP contribution >= 0.6 is 0 Å². The number of aliphatic hydroxyl groups is 10. The molecule has 0 aromatic rings. The molecule has 208 valence electrons. The standard InChI is InChI=1S/C6H14O2.2C5H12O2.C4H10O2.C3H8O2/c7-5-3-1-2-4-6-8;1-5(2,3-6)4-7;6-4-2-1-3-5-7;5-3-1-2-4-6;4-2-1-3-5/h7-8H,1-6H2;6-7H,3-4H2,1-2H3;6-7H,1-5H2;5-6H,1-4H2;4-5H,1-3H2. The van der Waals surface area contributed by atoms with Gasteiger partial charge in [-0.25, -0.2) is 0 Å².